The van der Waals surface area contributed by atoms with E-state index in [9.17, 15) is 0 Å². The Balaban J connectivity index is 1.69. The maximum absolute atomic E-state index is 4.40. The number of nitrogens with zero attached hydrogens (tertiary/aromatic N) is 3. The molecular weight excluding hydrogens is 254 g/mol. The molecule has 0 atom stereocenters. The molecule has 1 aliphatic heterocycles. The van der Waals surface area contributed by atoms with Gasteiger partial charge in [0.1, 0.15) is 12.5 Å². The van der Waals surface area contributed by atoms with Crippen LogP contribution >= 0.6 is 11.9 Å². The maximum atomic E-state index is 4.40. The summed E-state index contributed by atoms with van der Waals surface area (Å²) in [6.07, 6.45) is 6.13. The van der Waals surface area contributed by atoms with Crippen molar-refractivity contribution in [2.45, 2.75) is 4.90 Å². The molecule has 19 heavy (non-hydrogen) atoms. The lowest BCUT2D eigenvalue weighted by Gasteiger charge is -2.32. The molecule has 4 heteroatoms. The highest BCUT2D eigenvalue weighted by molar-refractivity contribution is 7.97. The Labute approximate surface area is 117 Å². The van der Waals surface area contributed by atoms with E-state index in [0.29, 0.717) is 0 Å². The summed E-state index contributed by atoms with van der Waals surface area (Å²) >= 11 is 1.74. The van der Waals surface area contributed by atoms with Gasteiger partial charge in [0.05, 0.1) is 0 Å². The molecule has 0 saturated carbocycles. The van der Waals surface area contributed by atoms with Crippen LogP contribution in [0.1, 0.15) is 0 Å². The average Bonchev–Trinajstić information content (AvgIpc) is 2.49. The average molecular weight is 269 g/mol. The molecule has 1 aromatic carbocycles. The maximum Gasteiger partial charge on any atom is 0.130 e. The molecule has 1 aliphatic rings. The van der Waals surface area contributed by atoms with E-state index in [2.05, 4.69) is 50.7 Å². The van der Waals surface area contributed by atoms with Crippen LogP contribution in [0.3, 0.4) is 0 Å². The van der Waals surface area contributed by atoms with Gasteiger partial charge in [0.15, 0.2) is 0 Å². The van der Waals surface area contributed by atoms with Crippen LogP contribution in [0.4, 0.5) is 5.82 Å². The molecule has 0 N–H and O–H groups in total. The van der Waals surface area contributed by atoms with Crippen molar-refractivity contribution in [3.05, 3.63) is 67.0 Å². The number of hydrogen-bond donors (Lipinski definition) is 0. The zero-order chi connectivity index (χ0) is 12.9. The lowest BCUT2D eigenvalue weighted by atomic mass is 10.4. The van der Waals surface area contributed by atoms with E-state index in [1.807, 2.05) is 30.5 Å². The fourth-order valence-corrected chi connectivity index (χ4v) is 2.84. The van der Waals surface area contributed by atoms with Crippen molar-refractivity contribution in [1.82, 2.24) is 9.29 Å². The Kier molecular flexibility index (Phi) is 3.70. The Bertz CT molecular complexity index is 542. The summed E-state index contributed by atoms with van der Waals surface area (Å²) < 4.78 is 2.22. The standard InChI is InChI=1S/C15H15N3S/c1-2-7-14(8-3-1)19-18-12-6-11-17(13-18)15-9-4-5-10-16-15/h1-10,12H,11,13H2. The normalized spacial score (nSPS) is 14.7. The van der Waals surface area contributed by atoms with E-state index in [1.165, 1.54) is 4.90 Å². The first-order valence-electron chi connectivity index (χ1n) is 6.24. The van der Waals surface area contributed by atoms with Crippen LogP contribution in [0.15, 0.2) is 71.9 Å². The molecule has 3 rings (SSSR count). The third kappa shape index (κ3) is 3.09. The summed E-state index contributed by atoms with van der Waals surface area (Å²) in [7, 11) is 0. The van der Waals surface area contributed by atoms with E-state index in [1.54, 1.807) is 11.9 Å². The molecule has 0 aliphatic carbocycles. The summed E-state index contributed by atoms with van der Waals surface area (Å²) in [5, 5.41) is 0. The van der Waals surface area contributed by atoms with Crippen molar-refractivity contribution >= 4 is 17.8 Å². The first-order chi connectivity index (χ1) is 9.42. The number of rotatable bonds is 3. The predicted molar refractivity (Wildman–Crippen MR) is 79.7 cm³/mol. The minimum Gasteiger partial charge on any atom is -0.334 e. The van der Waals surface area contributed by atoms with Crippen molar-refractivity contribution in [3.8, 4) is 0 Å². The van der Waals surface area contributed by atoms with Gasteiger partial charge in [-0.25, -0.2) is 4.98 Å². The Morgan fingerprint density at radius 2 is 1.84 bits per heavy atom. The van der Waals surface area contributed by atoms with E-state index in [4.69, 9.17) is 0 Å². The summed E-state index contributed by atoms with van der Waals surface area (Å²) in [6.45, 7) is 1.75. The van der Waals surface area contributed by atoms with Gasteiger partial charge in [0, 0.05) is 23.8 Å². The highest BCUT2D eigenvalue weighted by Gasteiger charge is 2.14. The van der Waals surface area contributed by atoms with Crippen molar-refractivity contribution in [2.75, 3.05) is 18.1 Å². The second-order valence-corrected chi connectivity index (χ2v) is 5.38. The van der Waals surface area contributed by atoms with Gasteiger partial charge in [-0.1, -0.05) is 24.3 Å². The highest BCUT2D eigenvalue weighted by Crippen LogP contribution is 2.25. The fraction of sp³-hybridized carbons (Fsp3) is 0.133. The van der Waals surface area contributed by atoms with Gasteiger partial charge >= 0.3 is 0 Å². The monoisotopic (exact) mass is 269 g/mol. The van der Waals surface area contributed by atoms with E-state index >= 15 is 0 Å². The first kappa shape index (κ1) is 12.1. The van der Waals surface area contributed by atoms with Gasteiger partial charge < -0.3 is 9.21 Å². The molecule has 96 valence electrons. The zero-order valence-electron chi connectivity index (χ0n) is 10.5. The molecular formula is C15H15N3S. The summed E-state index contributed by atoms with van der Waals surface area (Å²) in [5.41, 5.74) is 0. The molecule has 2 aromatic rings. The van der Waals surface area contributed by atoms with Crippen LogP contribution in [-0.2, 0) is 0 Å². The van der Waals surface area contributed by atoms with E-state index in [0.717, 1.165) is 19.0 Å². The third-order valence-corrected chi connectivity index (χ3v) is 3.80. The molecule has 0 radical (unpaired) electrons. The lowest BCUT2D eigenvalue weighted by Crippen LogP contribution is -2.35. The topological polar surface area (TPSA) is 19.4 Å². The number of aromatic nitrogens is 1. The number of anilines is 1. The molecule has 0 fully saturated rings. The minimum atomic E-state index is 0.840. The second kappa shape index (κ2) is 5.80. The van der Waals surface area contributed by atoms with Crippen molar-refractivity contribution in [2.24, 2.45) is 0 Å². The fourth-order valence-electron chi connectivity index (χ4n) is 1.95. The van der Waals surface area contributed by atoms with Gasteiger partial charge in [-0.05, 0) is 42.3 Å². The van der Waals surface area contributed by atoms with Crippen LogP contribution in [0, 0.1) is 0 Å². The van der Waals surface area contributed by atoms with Crippen LogP contribution in [-0.4, -0.2) is 22.5 Å². The van der Waals surface area contributed by atoms with Crippen LogP contribution < -0.4 is 4.90 Å². The molecule has 0 amide bonds. The lowest BCUT2D eigenvalue weighted by molar-refractivity contribution is 0.570. The van der Waals surface area contributed by atoms with Crippen LogP contribution in [0.5, 0.6) is 0 Å². The van der Waals surface area contributed by atoms with Crippen LogP contribution in [0.2, 0.25) is 0 Å². The van der Waals surface area contributed by atoms with Crippen LogP contribution in [0.25, 0.3) is 0 Å². The molecule has 3 nitrogen and oxygen atoms in total. The SMILES string of the molecule is C1=CN(Sc2ccccc2)CN(c2ccccn2)C1. The predicted octanol–water partition coefficient (Wildman–Crippen LogP) is 3.38. The molecule has 0 unspecified atom stereocenters. The van der Waals surface area contributed by atoms with Gasteiger partial charge in [0.25, 0.3) is 0 Å². The molecule has 0 saturated heterocycles. The summed E-state index contributed by atoms with van der Waals surface area (Å²) in [5.74, 6) is 1.02. The van der Waals surface area contributed by atoms with E-state index in [-0.39, 0.29) is 0 Å². The number of pyridine rings is 1. The van der Waals surface area contributed by atoms with Crippen molar-refractivity contribution < 1.29 is 0 Å². The molecule has 1 aromatic heterocycles. The highest BCUT2D eigenvalue weighted by atomic mass is 32.2. The summed E-state index contributed by atoms with van der Waals surface area (Å²) in [6, 6.07) is 16.4. The molecule has 0 bridgehead atoms. The first-order valence-corrected chi connectivity index (χ1v) is 7.01. The van der Waals surface area contributed by atoms with Gasteiger partial charge in [-0.3, -0.25) is 0 Å². The van der Waals surface area contributed by atoms with Gasteiger partial charge in [-0.15, -0.1) is 0 Å². The second-order valence-electron chi connectivity index (χ2n) is 4.26. The Morgan fingerprint density at radius 3 is 2.63 bits per heavy atom. The minimum absolute atomic E-state index is 0.840. The quantitative estimate of drug-likeness (QED) is 0.795. The molecule has 0 spiro atoms. The smallest absolute Gasteiger partial charge is 0.130 e. The largest absolute Gasteiger partial charge is 0.334 e. The number of hydrogen-bond acceptors (Lipinski definition) is 4. The summed E-state index contributed by atoms with van der Waals surface area (Å²) in [4.78, 5) is 7.89. The zero-order valence-corrected chi connectivity index (χ0v) is 11.3. The molecule has 2 heterocycles. The van der Waals surface area contributed by atoms with E-state index < -0.39 is 0 Å². The van der Waals surface area contributed by atoms with Crippen molar-refractivity contribution in [1.29, 1.82) is 0 Å². The third-order valence-electron chi connectivity index (χ3n) is 2.85. The Morgan fingerprint density at radius 1 is 1.00 bits per heavy atom. The van der Waals surface area contributed by atoms with Gasteiger partial charge in [-0.2, -0.15) is 0 Å². The van der Waals surface area contributed by atoms with Crippen molar-refractivity contribution in [3.63, 3.8) is 0 Å². The Hall–Kier alpha value is -1.94. The number of benzene rings is 1. The van der Waals surface area contributed by atoms with Gasteiger partial charge in [0.2, 0.25) is 0 Å².